The summed E-state index contributed by atoms with van der Waals surface area (Å²) in [4.78, 5) is 0. The van der Waals surface area contributed by atoms with Crippen LogP contribution >= 0.6 is 12.4 Å². The first-order valence-electron chi connectivity index (χ1n) is 3.95. The van der Waals surface area contributed by atoms with Crippen molar-refractivity contribution in [1.29, 1.82) is 0 Å². The number of hydrogen-bond donors (Lipinski definition) is 1. The van der Waals surface area contributed by atoms with Crippen LogP contribution in [0.1, 0.15) is 24.1 Å². The molecule has 0 radical (unpaired) electrons. The largest absolute Gasteiger partial charge is 0.416 e. The van der Waals surface area contributed by atoms with E-state index in [1.165, 1.54) is 6.92 Å². The topological polar surface area (TPSA) is 26.0 Å². The van der Waals surface area contributed by atoms with Crippen molar-refractivity contribution in [3.05, 3.63) is 35.1 Å². The molecular weight excluding hydrogens is 234 g/mol. The van der Waals surface area contributed by atoms with Crippen LogP contribution in [0.25, 0.3) is 0 Å². The highest BCUT2D eigenvalue weighted by Crippen LogP contribution is 2.35. The van der Waals surface area contributed by atoms with Gasteiger partial charge in [0.15, 0.2) is 0 Å². The highest BCUT2D eigenvalue weighted by molar-refractivity contribution is 5.85. The van der Waals surface area contributed by atoms with Gasteiger partial charge in [0, 0.05) is 11.6 Å². The molecule has 0 saturated carbocycles. The Morgan fingerprint density at radius 1 is 1.27 bits per heavy atom. The lowest BCUT2D eigenvalue weighted by molar-refractivity contribution is -0.138. The predicted octanol–water partition coefficient (Wildman–Crippen LogP) is 3.29. The second kappa shape index (κ2) is 4.81. The molecule has 0 amide bonds. The van der Waals surface area contributed by atoms with Crippen molar-refractivity contribution >= 4 is 12.4 Å². The van der Waals surface area contributed by atoms with Crippen molar-refractivity contribution in [3.8, 4) is 0 Å². The van der Waals surface area contributed by atoms with E-state index < -0.39 is 29.2 Å². The molecule has 0 spiro atoms. The normalized spacial score (nSPS) is 13.2. The Bertz CT molecular complexity index is 335. The average Bonchev–Trinajstić information content (AvgIpc) is 2.01. The molecule has 1 atom stereocenters. The van der Waals surface area contributed by atoms with E-state index in [9.17, 15) is 17.6 Å². The molecule has 0 aliphatic heterocycles. The molecule has 1 aromatic rings. The van der Waals surface area contributed by atoms with Crippen LogP contribution in [0.2, 0.25) is 0 Å². The first kappa shape index (κ1) is 14.2. The zero-order valence-corrected chi connectivity index (χ0v) is 8.62. The zero-order chi connectivity index (χ0) is 10.9. The summed E-state index contributed by atoms with van der Waals surface area (Å²) in [5.41, 5.74) is 3.78. The van der Waals surface area contributed by atoms with E-state index in [1.54, 1.807) is 0 Å². The molecule has 0 saturated heterocycles. The van der Waals surface area contributed by atoms with E-state index in [0.717, 1.165) is 18.2 Å². The Balaban J connectivity index is 0.00000196. The highest BCUT2D eigenvalue weighted by atomic mass is 35.5. The monoisotopic (exact) mass is 243 g/mol. The summed E-state index contributed by atoms with van der Waals surface area (Å²) in [5, 5.41) is 0. The number of alkyl halides is 3. The second-order valence-electron chi connectivity index (χ2n) is 2.99. The Kier molecular flexibility index (Phi) is 4.55. The van der Waals surface area contributed by atoms with Crippen LogP contribution in [0.5, 0.6) is 0 Å². The van der Waals surface area contributed by atoms with Crippen molar-refractivity contribution in [2.75, 3.05) is 0 Å². The van der Waals surface area contributed by atoms with Crippen LogP contribution in [0.15, 0.2) is 18.2 Å². The van der Waals surface area contributed by atoms with Gasteiger partial charge in [-0.3, -0.25) is 0 Å². The van der Waals surface area contributed by atoms with Crippen LogP contribution in [-0.2, 0) is 6.18 Å². The maximum atomic E-state index is 13.1. The van der Waals surface area contributed by atoms with Crippen molar-refractivity contribution in [2.24, 2.45) is 5.73 Å². The van der Waals surface area contributed by atoms with Crippen molar-refractivity contribution < 1.29 is 17.6 Å². The number of rotatable bonds is 1. The van der Waals surface area contributed by atoms with Gasteiger partial charge in [-0.25, -0.2) is 4.39 Å². The molecule has 0 aromatic heterocycles. The quantitative estimate of drug-likeness (QED) is 0.753. The van der Waals surface area contributed by atoms with Crippen LogP contribution < -0.4 is 5.73 Å². The fourth-order valence-corrected chi connectivity index (χ4v) is 1.25. The maximum Gasteiger partial charge on any atom is 0.416 e. The fraction of sp³-hybridized carbons (Fsp3) is 0.333. The summed E-state index contributed by atoms with van der Waals surface area (Å²) in [7, 11) is 0. The van der Waals surface area contributed by atoms with Gasteiger partial charge in [0.2, 0.25) is 0 Å². The molecule has 0 heterocycles. The minimum absolute atomic E-state index is 0. The first-order valence-corrected chi connectivity index (χ1v) is 3.95. The van der Waals surface area contributed by atoms with Gasteiger partial charge in [-0.15, -0.1) is 12.4 Å². The molecule has 2 N–H and O–H groups in total. The predicted molar refractivity (Wildman–Crippen MR) is 51.3 cm³/mol. The van der Waals surface area contributed by atoms with Gasteiger partial charge >= 0.3 is 6.18 Å². The Hall–Kier alpha value is -0.810. The molecule has 1 nitrogen and oxygen atoms in total. The molecule has 0 aliphatic rings. The molecular formula is C9H10ClF4N. The van der Waals surface area contributed by atoms with E-state index >= 15 is 0 Å². The lowest BCUT2D eigenvalue weighted by atomic mass is 10.0. The van der Waals surface area contributed by atoms with Crippen LogP contribution in [-0.4, -0.2) is 0 Å². The Morgan fingerprint density at radius 3 is 2.13 bits per heavy atom. The maximum absolute atomic E-state index is 13.1. The fourth-order valence-electron chi connectivity index (χ4n) is 1.25. The summed E-state index contributed by atoms with van der Waals surface area (Å²) in [6.07, 6.45) is -4.56. The van der Waals surface area contributed by atoms with Crippen LogP contribution in [0.3, 0.4) is 0 Å². The zero-order valence-electron chi connectivity index (χ0n) is 7.81. The SMILES string of the molecule is C[C@@H](N)c1c(F)cccc1C(F)(F)F.Cl. The van der Waals surface area contributed by atoms with E-state index in [1.807, 2.05) is 0 Å². The molecule has 86 valence electrons. The average molecular weight is 244 g/mol. The molecule has 1 aromatic carbocycles. The van der Waals surface area contributed by atoms with Gasteiger partial charge in [-0.1, -0.05) is 6.07 Å². The number of nitrogens with two attached hydrogens (primary N) is 1. The third-order valence-corrected chi connectivity index (χ3v) is 1.81. The van der Waals surface area contributed by atoms with Gasteiger partial charge in [-0.2, -0.15) is 13.2 Å². The van der Waals surface area contributed by atoms with Gasteiger partial charge < -0.3 is 5.73 Å². The minimum Gasteiger partial charge on any atom is -0.324 e. The molecule has 0 unspecified atom stereocenters. The summed E-state index contributed by atoms with van der Waals surface area (Å²) in [6, 6.07) is 1.83. The van der Waals surface area contributed by atoms with E-state index in [0.29, 0.717) is 0 Å². The summed E-state index contributed by atoms with van der Waals surface area (Å²) >= 11 is 0. The highest BCUT2D eigenvalue weighted by Gasteiger charge is 2.35. The summed E-state index contributed by atoms with van der Waals surface area (Å²) < 4.78 is 50.2. The molecule has 1 rings (SSSR count). The lowest BCUT2D eigenvalue weighted by Crippen LogP contribution is -2.16. The van der Waals surface area contributed by atoms with Gasteiger partial charge in [0.05, 0.1) is 5.56 Å². The number of halogens is 5. The van der Waals surface area contributed by atoms with Gasteiger partial charge in [0.25, 0.3) is 0 Å². The Morgan fingerprint density at radius 2 is 1.80 bits per heavy atom. The van der Waals surface area contributed by atoms with Crippen molar-refractivity contribution in [1.82, 2.24) is 0 Å². The first-order chi connectivity index (χ1) is 6.34. The van der Waals surface area contributed by atoms with Crippen molar-refractivity contribution in [3.63, 3.8) is 0 Å². The van der Waals surface area contributed by atoms with Gasteiger partial charge in [-0.05, 0) is 19.1 Å². The Labute approximate surface area is 90.7 Å². The van der Waals surface area contributed by atoms with Crippen LogP contribution in [0.4, 0.5) is 17.6 Å². The molecule has 0 aliphatic carbocycles. The van der Waals surface area contributed by atoms with E-state index in [-0.39, 0.29) is 12.4 Å². The third-order valence-electron chi connectivity index (χ3n) is 1.81. The van der Waals surface area contributed by atoms with Crippen molar-refractivity contribution in [2.45, 2.75) is 19.1 Å². The van der Waals surface area contributed by atoms with E-state index in [4.69, 9.17) is 5.73 Å². The standard InChI is InChI=1S/C9H9F4N.ClH/c1-5(14)8-6(9(11,12)13)3-2-4-7(8)10;/h2-5H,14H2,1H3;1H/t5-;/m1./s1. The lowest BCUT2D eigenvalue weighted by Gasteiger charge is -2.15. The van der Waals surface area contributed by atoms with Gasteiger partial charge in [0.1, 0.15) is 5.82 Å². The molecule has 6 heteroatoms. The van der Waals surface area contributed by atoms with Crippen LogP contribution in [0, 0.1) is 5.82 Å². The minimum atomic E-state index is -4.56. The third kappa shape index (κ3) is 3.07. The van der Waals surface area contributed by atoms with E-state index in [2.05, 4.69) is 0 Å². The molecule has 15 heavy (non-hydrogen) atoms. The molecule has 0 bridgehead atoms. The second-order valence-corrected chi connectivity index (χ2v) is 2.99. The summed E-state index contributed by atoms with van der Waals surface area (Å²) in [6.45, 7) is 1.31. The number of hydrogen-bond acceptors (Lipinski definition) is 1. The summed E-state index contributed by atoms with van der Waals surface area (Å²) in [5.74, 6) is -0.921. The smallest absolute Gasteiger partial charge is 0.324 e. The molecule has 0 fully saturated rings. The number of benzene rings is 1.